The first-order valence-corrected chi connectivity index (χ1v) is 7.53. The number of nitrogens with one attached hydrogen (secondary N) is 1. The van der Waals surface area contributed by atoms with Crippen molar-refractivity contribution in [2.75, 3.05) is 7.11 Å². The number of carbonyl (C=O) groups excluding carboxylic acids is 2. The molecule has 0 atom stereocenters. The molecule has 24 heavy (non-hydrogen) atoms. The summed E-state index contributed by atoms with van der Waals surface area (Å²) in [6.07, 6.45) is 1.33. The normalized spacial score (nSPS) is 10.4. The number of methoxy groups -OCH3 is 1. The summed E-state index contributed by atoms with van der Waals surface area (Å²) >= 11 is 3.32. The van der Waals surface area contributed by atoms with E-state index in [9.17, 15) is 9.59 Å². The predicted molar refractivity (Wildman–Crippen MR) is 92.4 cm³/mol. The number of nitrogens with two attached hydrogens (primary N) is 1. The quantitative estimate of drug-likeness (QED) is 0.353. The molecule has 0 fully saturated rings. The van der Waals surface area contributed by atoms with Gasteiger partial charge in [-0.25, -0.2) is 15.0 Å². The summed E-state index contributed by atoms with van der Waals surface area (Å²) in [6.45, 7) is 0. The van der Waals surface area contributed by atoms with Crippen LogP contribution in [0.25, 0.3) is 0 Å². The third-order valence-electron chi connectivity index (χ3n) is 2.88. The van der Waals surface area contributed by atoms with Gasteiger partial charge in [-0.05, 0) is 42.5 Å². The van der Waals surface area contributed by atoms with Gasteiger partial charge in [0.25, 0.3) is 0 Å². The van der Waals surface area contributed by atoms with E-state index in [0.29, 0.717) is 16.9 Å². The van der Waals surface area contributed by atoms with Crippen LogP contribution < -0.4 is 20.6 Å². The van der Waals surface area contributed by atoms with E-state index in [-0.39, 0.29) is 5.75 Å². The fourth-order valence-electron chi connectivity index (χ4n) is 1.76. The Morgan fingerprint density at radius 3 is 2.54 bits per heavy atom. The van der Waals surface area contributed by atoms with E-state index in [4.69, 9.17) is 15.2 Å². The van der Waals surface area contributed by atoms with Crippen LogP contribution in [0.4, 0.5) is 4.79 Å². The minimum Gasteiger partial charge on any atom is -0.497 e. The fourth-order valence-corrected chi connectivity index (χ4v) is 2.14. The number of hydrogen-bond acceptors (Lipinski definition) is 5. The first-order valence-electron chi connectivity index (χ1n) is 6.74. The first-order chi connectivity index (χ1) is 11.5. The zero-order valence-corrected chi connectivity index (χ0v) is 14.2. The maximum atomic E-state index is 12.2. The van der Waals surface area contributed by atoms with Crippen LogP contribution in [-0.2, 0) is 0 Å². The van der Waals surface area contributed by atoms with Gasteiger partial charge in [0.05, 0.1) is 18.9 Å². The number of hydrazone groups is 1. The van der Waals surface area contributed by atoms with Crippen molar-refractivity contribution < 1.29 is 19.1 Å². The Hall–Kier alpha value is -2.87. The Morgan fingerprint density at radius 1 is 1.21 bits per heavy atom. The zero-order valence-electron chi connectivity index (χ0n) is 12.7. The van der Waals surface area contributed by atoms with Crippen molar-refractivity contribution in [3.63, 3.8) is 0 Å². The Balaban J connectivity index is 2.19. The highest BCUT2D eigenvalue weighted by Gasteiger charge is 2.11. The topological polar surface area (TPSA) is 103 Å². The van der Waals surface area contributed by atoms with Crippen LogP contribution >= 0.6 is 15.9 Å². The highest BCUT2D eigenvalue weighted by atomic mass is 79.9. The molecule has 0 aliphatic carbocycles. The lowest BCUT2D eigenvalue weighted by Gasteiger charge is -2.08. The number of amides is 2. The summed E-state index contributed by atoms with van der Waals surface area (Å²) in [7, 11) is 1.54. The molecule has 0 saturated carbocycles. The van der Waals surface area contributed by atoms with Gasteiger partial charge in [-0.15, -0.1) is 0 Å². The number of halogens is 1. The van der Waals surface area contributed by atoms with Crippen LogP contribution in [-0.4, -0.2) is 25.3 Å². The van der Waals surface area contributed by atoms with Crippen LogP contribution in [0.3, 0.4) is 0 Å². The van der Waals surface area contributed by atoms with Gasteiger partial charge >= 0.3 is 12.0 Å². The molecule has 0 aromatic heterocycles. The van der Waals surface area contributed by atoms with E-state index >= 15 is 0 Å². The minimum absolute atomic E-state index is 0.286. The molecular weight excluding hydrogens is 378 g/mol. The molecule has 0 spiro atoms. The van der Waals surface area contributed by atoms with Crippen molar-refractivity contribution in [1.29, 1.82) is 0 Å². The van der Waals surface area contributed by atoms with Gasteiger partial charge in [-0.1, -0.05) is 15.9 Å². The standard InChI is InChI=1S/C16H14BrN3O4/c1-23-13-5-2-10(3-6-13)15(21)24-14-7-4-12(17)8-11(14)9-19-20-16(18)22/h2-9H,1H3,(H3,18,20,22)/b19-9-. The molecule has 0 unspecified atom stereocenters. The van der Waals surface area contributed by atoms with Gasteiger partial charge in [0.15, 0.2) is 0 Å². The van der Waals surface area contributed by atoms with E-state index in [1.807, 2.05) is 0 Å². The van der Waals surface area contributed by atoms with E-state index in [0.717, 1.165) is 4.47 Å². The summed E-state index contributed by atoms with van der Waals surface area (Å²) in [5, 5.41) is 3.67. The molecule has 0 heterocycles. The molecule has 3 N–H and O–H groups in total. The highest BCUT2D eigenvalue weighted by Crippen LogP contribution is 2.23. The van der Waals surface area contributed by atoms with E-state index in [1.54, 1.807) is 49.6 Å². The van der Waals surface area contributed by atoms with E-state index in [2.05, 4.69) is 26.5 Å². The molecular formula is C16H14BrN3O4. The third-order valence-corrected chi connectivity index (χ3v) is 3.37. The first kappa shape index (κ1) is 17.5. The summed E-state index contributed by atoms with van der Waals surface area (Å²) in [6, 6.07) is 10.7. The van der Waals surface area contributed by atoms with Crippen molar-refractivity contribution in [2.45, 2.75) is 0 Å². The van der Waals surface area contributed by atoms with Crippen LogP contribution in [0, 0.1) is 0 Å². The second-order valence-corrected chi connectivity index (χ2v) is 5.45. The molecule has 2 aromatic rings. The third kappa shape index (κ3) is 4.82. The van der Waals surface area contributed by atoms with Crippen molar-refractivity contribution in [3.8, 4) is 11.5 Å². The average molecular weight is 392 g/mol. The second-order valence-electron chi connectivity index (χ2n) is 4.53. The van der Waals surface area contributed by atoms with Gasteiger partial charge in [-0.2, -0.15) is 5.10 Å². The second kappa shape index (κ2) is 8.11. The molecule has 0 bridgehead atoms. The SMILES string of the molecule is COc1ccc(C(=O)Oc2ccc(Br)cc2/C=N\NC(N)=O)cc1. The summed E-state index contributed by atoms with van der Waals surface area (Å²) in [4.78, 5) is 22.9. The fraction of sp³-hybridized carbons (Fsp3) is 0.0625. The number of ether oxygens (including phenoxy) is 2. The summed E-state index contributed by atoms with van der Waals surface area (Å²) in [5.41, 5.74) is 7.87. The van der Waals surface area contributed by atoms with E-state index in [1.165, 1.54) is 6.21 Å². The van der Waals surface area contributed by atoms with Gasteiger partial charge < -0.3 is 15.2 Å². The van der Waals surface area contributed by atoms with Crippen molar-refractivity contribution in [1.82, 2.24) is 5.43 Å². The van der Waals surface area contributed by atoms with Crippen molar-refractivity contribution in [2.24, 2.45) is 10.8 Å². The van der Waals surface area contributed by atoms with Crippen LogP contribution in [0.2, 0.25) is 0 Å². The van der Waals surface area contributed by atoms with Crippen LogP contribution in [0.15, 0.2) is 52.0 Å². The molecule has 2 amide bonds. The molecule has 124 valence electrons. The summed E-state index contributed by atoms with van der Waals surface area (Å²) in [5.74, 6) is 0.395. The number of carbonyl (C=O) groups is 2. The Kier molecular flexibility index (Phi) is 5.91. The Labute approximate surface area is 146 Å². The molecule has 0 radical (unpaired) electrons. The number of rotatable bonds is 5. The lowest BCUT2D eigenvalue weighted by atomic mass is 10.2. The molecule has 0 aliphatic heterocycles. The maximum Gasteiger partial charge on any atom is 0.343 e. The maximum absolute atomic E-state index is 12.2. The molecule has 0 aliphatic rings. The van der Waals surface area contributed by atoms with E-state index < -0.39 is 12.0 Å². The molecule has 7 nitrogen and oxygen atoms in total. The number of benzene rings is 2. The molecule has 2 aromatic carbocycles. The van der Waals surface area contributed by atoms with Crippen LogP contribution in [0.1, 0.15) is 15.9 Å². The monoisotopic (exact) mass is 391 g/mol. The number of urea groups is 1. The predicted octanol–water partition coefficient (Wildman–Crippen LogP) is 2.68. The molecule has 2 rings (SSSR count). The number of esters is 1. The number of hydrogen-bond donors (Lipinski definition) is 2. The average Bonchev–Trinajstić information content (AvgIpc) is 2.57. The molecule has 8 heteroatoms. The van der Waals surface area contributed by atoms with Crippen LogP contribution in [0.5, 0.6) is 11.5 Å². The Morgan fingerprint density at radius 2 is 1.92 bits per heavy atom. The van der Waals surface area contributed by atoms with Gasteiger partial charge in [0.2, 0.25) is 0 Å². The molecule has 0 saturated heterocycles. The lowest BCUT2D eigenvalue weighted by molar-refractivity contribution is 0.0734. The largest absolute Gasteiger partial charge is 0.497 e. The van der Waals surface area contributed by atoms with Crippen molar-refractivity contribution in [3.05, 3.63) is 58.1 Å². The lowest BCUT2D eigenvalue weighted by Crippen LogP contribution is -2.24. The van der Waals surface area contributed by atoms with Gasteiger partial charge in [-0.3, -0.25) is 0 Å². The summed E-state index contributed by atoms with van der Waals surface area (Å²) < 4.78 is 11.2. The smallest absolute Gasteiger partial charge is 0.343 e. The minimum atomic E-state index is -0.793. The highest BCUT2D eigenvalue weighted by molar-refractivity contribution is 9.10. The van der Waals surface area contributed by atoms with Gasteiger partial charge in [0, 0.05) is 10.0 Å². The van der Waals surface area contributed by atoms with Gasteiger partial charge in [0.1, 0.15) is 11.5 Å². The van der Waals surface area contributed by atoms with Crippen molar-refractivity contribution >= 4 is 34.1 Å². The zero-order chi connectivity index (χ0) is 17.5. The number of primary amides is 1. The number of nitrogens with zero attached hydrogens (tertiary/aromatic N) is 1. The Bertz CT molecular complexity index is 775.